The van der Waals surface area contributed by atoms with Crippen LogP contribution in [0, 0.1) is 0 Å². The van der Waals surface area contributed by atoms with Gasteiger partial charge in [-0.1, -0.05) is 60.7 Å². The van der Waals surface area contributed by atoms with Gasteiger partial charge in [-0.2, -0.15) is 0 Å². The number of hydrogen-bond donors (Lipinski definition) is 0. The van der Waals surface area contributed by atoms with Gasteiger partial charge in [-0.3, -0.25) is 4.57 Å². The summed E-state index contributed by atoms with van der Waals surface area (Å²) >= 11 is 0. The van der Waals surface area contributed by atoms with Crippen LogP contribution in [0.4, 0.5) is 0 Å². The lowest BCUT2D eigenvalue weighted by Crippen LogP contribution is -2.23. The van der Waals surface area contributed by atoms with Crippen molar-refractivity contribution >= 4 is 18.7 Å². The fourth-order valence-corrected chi connectivity index (χ4v) is 4.59. The molecule has 1 aliphatic rings. The Labute approximate surface area is 132 Å². The predicted molar refractivity (Wildman–Crippen MR) is 92.7 cm³/mol. The normalized spacial score (nSPS) is 18.0. The van der Waals surface area contributed by atoms with Gasteiger partial charge in [0.05, 0.1) is 6.10 Å². The van der Waals surface area contributed by atoms with Crippen LogP contribution in [-0.2, 0) is 9.09 Å². The molecular weight excluding hydrogens is 291 g/mol. The van der Waals surface area contributed by atoms with Crippen LogP contribution in [0.2, 0.25) is 0 Å². The van der Waals surface area contributed by atoms with Gasteiger partial charge >= 0.3 is 0 Å². The van der Waals surface area contributed by atoms with Crippen LogP contribution in [0.25, 0.3) is 6.08 Å². The molecule has 3 rings (SSSR count). The molecule has 3 heteroatoms. The molecular formula is C19H21O2P. The number of benzene rings is 2. The summed E-state index contributed by atoms with van der Waals surface area (Å²) in [7, 11) is -2.82. The van der Waals surface area contributed by atoms with E-state index in [9.17, 15) is 4.57 Å². The molecule has 0 aromatic heterocycles. The van der Waals surface area contributed by atoms with Gasteiger partial charge < -0.3 is 4.52 Å². The summed E-state index contributed by atoms with van der Waals surface area (Å²) in [5.74, 6) is 0. The molecule has 0 radical (unpaired) electrons. The lowest BCUT2D eigenvalue weighted by molar-refractivity contribution is 0.127. The molecule has 0 unspecified atom stereocenters. The molecule has 0 saturated heterocycles. The van der Waals surface area contributed by atoms with Crippen LogP contribution in [0.15, 0.2) is 66.7 Å². The smallest absolute Gasteiger partial charge is 0.236 e. The molecule has 22 heavy (non-hydrogen) atoms. The van der Waals surface area contributed by atoms with Crippen molar-refractivity contribution in [2.75, 3.05) is 6.16 Å². The lowest BCUT2D eigenvalue weighted by Gasteiger charge is -2.30. The maximum atomic E-state index is 13.3. The number of allylic oxidation sites excluding steroid dienone is 1. The molecule has 2 nitrogen and oxygen atoms in total. The van der Waals surface area contributed by atoms with Gasteiger partial charge in [0.2, 0.25) is 7.37 Å². The van der Waals surface area contributed by atoms with Gasteiger partial charge in [0, 0.05) is 11.5 Å². The summed E-state index contributed by atoms with van der Waals surface area (Å²) < 4.78 is 19.3. The molecule has 0 amide bonds. The molecule has 2 aromatic carbocycles. The molecule has 0 spiro atoms. The monoisotopic (exact) mass is 312 g/mol. The van der Waals surface area contributed by atoms with Gasteiger partial charge in [0.25, 0.3) is 0 Å². The fourth-order valence-electron chi connectivity index (χ4n) is 2.47. The number of hydrogen-bond acceptors (Lipinski definition) is 2. The van der Waals surface area contributed by atoms with Crippen LogP contribution in [0.5, 0.6) is 0 Å². The van der Waals surface area contributed by atoms with E-state index < -0.39 is 7.37 Å². The molecule has 0 heterocycles. The van der Waals surface area contributed by atoms with Gasteiger partial charge in [-0.25, -0.2) is 0 Å². The zero-order valence-corrected chi connectivity index (χ0v) is 13.5. The molecule has 0 bridgehead atoms. The van der Waals surface area contributed by atoms with Crippen LogP contribution >= 0.6 is 7.37 Å². The predicted octanol–water partition coefficient (Wildman–Crippen LogP) is 4.87. The van der Waals surface area contributed by atoms with E-state index in [1.54, 1.807) is 0 Å². The summed E-state index contributed by atoms with van der Waals surface area (Å²) in [5, 5.41) is 0.819. The Morgan fingerprint density at radius 1 is 1.00 bits per heavy atom. The summed E-state index contributed by atoms with van der Waals surface area (Å²) in [6.07, 6.45) is 7.83. The second kappa shape index (κ2) is 7.09. The van der Waals surface area contributed by atoms with Crippen molar-refractivity contribution in [1.82, 2.24) is 0 Å². The SMILES string of the molecule is O=[P@](C/C=C/c1ccccc1)(OC1CCC1)c1ccccc1. The summed E-state index contributed by atoms with van der Waals surface area (Å²) in [6, 6.07) is 19.7. The Kier molecular flexibility index (Phi) is 4.92. The molecule has 2 aromatic rings. The quantitative estimate of drug-likeness (QED) is 0.711. The highest BCUT2D eigenvalue weighted by molar-refractivity contribution is 7.67. The van der Waals surface area contributed by atoms with Crippen LogP contribution in [-0.4, -0.2) is 12.3 Å². The van der Waals surface area contributed by atoms with Gasteiger partial charge in [-0.15, -0.1) is 0 Å². The Balaban J connectivity index is 1.76. The zero-order chi connectivity index (χ0) is 15.3. The lowest BCUT2D eigenvalue weighted by atomic mass is 9.97. The van der Waals surface area contributed by atoms with Crippen molar-refractivity contribution < 1.29 is 9.09 Å². The van der Waals surface area contributed by atoms with Gasteiger partial charge in [-0.05, 0) is 37.0 Å². The second-order valence-corrected chi connectivity index (χ2v) is 8.10. The van der Waals surface area contributed by atoms with Crippen molar-refractivity contribution in [1.29, 1.82) is 0 Å². The van der Waals surface area contributed by atoms with E-state index in [-0.39, 0.29) is 6.10 Å². The summed E-state index contributed by atoms with van der Waals surface area (Å²) in [4.78, 5) is 0. The molecule has 1 aliphatic carbocycles. The van der Waals surface area contributed by atoms with Crippen molar-refractivity contribution in [3.63, 3.8) is 0 Å². The Morgan fingerprint density at radius 3 is 2.23 bits per heavy atom. The van der Waals surface area contributed by atoms with E-state index in [1.807, 2.05) is 72.8 Å². The van der Waals surface area contributed by atoms with E-state index >= 15 is 0 Å². The van der Waals surface area contributed by atoms with E-state index in [0.717, 1.165) is 23.7 Å². The Bertz CT molecular complexity index is 660. The standard InChI is InChI=1S/C19H21O2P/c20-22(21-18-12-7-13-18,19-14-5-2-6-15-19)16-8-11-17-9-3-1-4-10-17/h1-6,8-11,14-15,18H,7,12-13,16H2/b11-8+/t22-/m1/s1. The van der Waals surface area contributed by atoms with E-state index in [0.29, 0.717) is 6.16 Å². The third kappa shape index (κ3) is 3.76. The average Bonchev–Trinajstić information content (AvgIpc) is 2.53. The molecule has 1 saturated carbocycles. The zero-order valence-electron chi connectivity index (χ0n) is 12.6. The largest absolute Gasteiger partial charge is 0.322 e. The molecule has 114 valence electrons. The minimum absolute atomic E-state index is 0.163. The Morgan fingerprint density at radius 2 is 1.64 bits per heavy atom. The minimum atomic E-state index is -2.82. The van der Waals surface area contributed by atoms with Crippen LogP contribution < -0.4 is 5.30 Å². The first-order chi connectivity index (χ1) is 10.8. The molecule has 0 aliphatic heterocycles. The minimum Gasteiger partial charge on any atom is -0.322 e. The highest BCUT2D eigenvalue weighted by atomic mass is 31.2. The summed E-state index contributed by atoms with van der Waals surface area (Å²) in [5.41, 5.74) is 1.12. The van der Waals surface area contributed by atoms with Crippen LogP contribution in [0.1, 0.15) is 24.8 Å². The fraction of sp³-hybridized carbons (Fsp3) is 0.263. The van der Waals surface area contributed by atoms with E-state index in [2.05, 4.69) is 0 Å². The van der Waals surface area contributed by atoms with Crippen molar-refractivity contribution in [3.8, 4) is 0 Å². The topological polar surface area (TPSA) is 26.3 Å². The van der Waals surface area contributed by atoms with Crippen molar-refractivity contribution in [2.45, 2.75) is 25.4 Å². The van der Waals surface area contributed by atoms with Gasteiger partial charge in [0.1, 0.15) is 0 Å². The van der Waals surface area contributed by atoms with E-state index in [1.165, 1.54) is 6.42 Å². The third-order valence-electron chi connectivity index (χ3n) is 3.98. The van der Waals surface area contributed by atoms with E-state index in [4.69, 9.17) is 4.52 Å². The van der Waals surface area contributed by atoms with Crippen molar-refractivity contribution in [3.05, 3.63) is 72.3 Å². The van der Waals surface area contributed by atoms with Crippen LogP contribution in [0.3, 0.4) is 0 Å². The average molecular weight is 312 g/mol. The first kappa shape index (κ1) is 15.3. The Hall–Kier alpha value is -1.63. The molecule has 1 fully saturated rings. The maximum absolute atomic E-state index is 13.3. The summed E-state index contributed by atoms with van der Waals surface area (Å²) in [6.45, 7) is 0. The highest BCUT2D eigenvalue weighted by Gasteiger charge is 2.31. The first-order valence-corrected chi connectivity index (χ1v) is 9.62. The number of rotatable bonds is 6. The molecule has 0 N–H and O–H groups in total. The second-order valence-electron chi connectivity index (χ2n) is 5.66. The maximum Gasteiger partial charge on any atom is 0.236 e. The highest BCUT2D eigenvalue weighted by Crippen LogP contribution is 2.49. The first-order valence-electron chi connectivity index (χ1n) is 7.81. The third-order valence-corrected chi connectivity index (χ3v) is 6.39. The molecule has 1 atom stereocenters. The van der Waals surface area contributed by atoms with Crippen molar-refractivity contribution in [2.24, 2.45) is 0 Å². The van der Waals surface area contributed by atoms with Gasteiger partial charge in [0.15, 0.2) is 0 Å².